The molecule has 0 fully saturated rings. The van der Waals surface area contributed by atoms with Crippen LogP contribution in [0.15, 0.2) is 121 Å². The van der Waals surface area contributed by atoms with Crippen LogP contribution in [-0.4, -0.2) is 41.7 Å². The monoisotopic (exact) mass is 683 g/mol. The number of carboxylic acid groups (broad SMARTS) is 1. The molecular formula is C44H45NO6. The Labute approximate surface area is 299 Å². The van der Waals surface area contributed by atoms with E-state index in [1.807, 2.05) is 135 Å². The molecule has 0 heterocycles. The second-order valence-electron chi connectivity index (χ2n) is 13.4. The van der Waals surface area contributed by atoms with Crippen LogP contribution in [0.1, 0.15) is 53.5 Å². The van der Waals surface area contributed by atoms with Crippen LogP contribution in [0.2, 0.25) is 0 Å². The number of hydrogen-bond donors (Lipinski definition) is 2. The lowest BCUT2D eigenvalue weighted by Gasteiger charge is -2.24. The summed E-state index contributed by atoms with van der Waals surface area (Å²) in [6, 6.07) is 37.1. The molecule has 262 valence electrons. The quantitative estimate of drug-likeness (QED) is 0.104. The number of carboxylic acids is 1. The highest BCUT2D eigenvalue weighted by Crippen LogP contribution is 2.28. The van der Waals surface area contributed by atoms with Gasteiger partial charge in [0.15, 0.2) is 5.78 Å². The van der Waals surface area contributed by atoms with Crippen LogP contribution in [-0.2, 0) is 38.4 Å². The first kappa shape index (κ1) is 36.7. The van der Waals surface area contributed by atoms with E-state index < -0.39 is 35.7 Å². The Morgan fingerprint density at radius 3 is 1.82 bits per heavy atom. The Balaban J connectivity index is 1.37. The summed E-state index contributed by atoms with van der Waals surface area (Å²) >= 11 is 0. The fourth-order valence-corrected chi connectivity index (χ4v) is 6.43. The lowest BCUT2D eigenvalue weighted by Crippen LogP contribution is -2.46. The maximum Gasteiger partial charge on any atom is 0.307 e. The maximum atomic E-state index is 14.2. The summed E-state index contributed by atoms with van der Waals surface area (Å²) in [7, 11) is 1.62. The van der Waals surface area contributed by atoms with Gasteiger partial charge in [0, 0.05) is 24.7 Å². The van der Waals surface area contributed by atoms with Crippen molar-refractivity contribution in [2.45, 2.75) is 57.9 Å². The molecule has 0 aromatic heterocycles. The number of amides is 1. The van der Waals surface area contributed by atoms with Crippen molar-refractivity contribution >= 4 is 34.2 Å². The zero-order valence-electron chi connectivity index (χ0n) is 29.4. The molecule has 7 heteroatoms. The van der Waals surface area contributed by atoms with Crippen molar-refractivity contribution in [3.05, 3.63) is 149 Å². The second-order valence-corrected chi connectivity index (χ2v) is 13.4. The van der Waals surface area contributed by atoms with Gasteiger partial charge in [-0.25, -0.2) is 0 Å². The third kappa shape index (κ3) is 10.2. The highest BCUT2D eigenvalue weighted by Gasteiger charge is 2.32. The van der Waals surface area contributed by atoms with Crippen LogP contribution < -0.4 is 10.1 Å². The Kier molecular flexibility index (Phi) is 12.5. The SMILES string of the molecule is COc1ccc2cc([C@H](C)C(=O)C[C@H](Cc3ccccc3)C(=O)N[C@H](Cc3ccccc3)C(=O)CC(Cc3ccc(C)cc3)C(=O)O)ccc2c1. The van der Waals surface area contributed by atoms with Crippen molar-refractivity contribution in [3.63, 3.8) is 0 Å². The molecule has 4 atom stereocenters. The molecule has 0 bridgehead atoms. The molecule has 0 radical (unpaired) electrons. The van der Waals surface area contributed by atoms with E-state index in [0.29, 0.717) is 6.42 Å². The van der Waals surface area contributed by atoms with Gasteiger partial charge < -0.3 is 15.2 Å². The number of hydrogen-bond acceptors (Lipinski definition) is 5. The Bertz CT molecular complexity index is 1960. The average molecular weight is 684 g/mol. The fraction of sp³-hybridized carbons (Fsp3) is 0.273. The summed E-state index contributed by atoms with van der Waals surface area (Å²) < 4.78 is 5.35. The van der Waals surface area contributed by atoms with Gasteiger partial charge in [-0.15, -0.1) is 0 Å². The molecule has 5 aromatic carbocycles. The number of rotatable bonds is 17. The molecule has 0 aliphatic carbocycles. The number of ketones is 2. The first-order chi connectivity index (χ1) is 24.6. The van der Waals surface area contributed by atoms with E-state index in [9.17, 15) is 24.3 Å². The average Bonchev–Trinajstić information content (AvgIpc) is 3.14. The molecule has 5 rings (SSSR count). The molecule has 2 N–H and O–H groups in total. The van der Waals surface area contributed by atoms with Crippen molar-refractivity contribution in [3.8, 4) is 5.75 Å². The number of benzene rings is 5. The van der Waals surface area contributed by atoms with Crippen molar-refractivity contribution in [2.24, 2.45) is 11.8 Å². The van der Waals surface area contributed by atoms with E-state index >= 15 is 0 Å². The van der Waals surface area contributed by atoms with Gasteiger partial charge in [-0.1, -0.05) is 122 Å². The van der Waals surface area contributed by atoms with Gasteiger partial charge in [0.25, 0.3) is 0 Å². The summed E-state index contributed by atoms with van der Waals surface area (Å²) in [6.45, 7) is 3.81. The number of fused-ring (bicyclic) bond motifs is 1. The first-order valence-corrected chi connectivity index (χ1v) is 17.4. The van der Waals surface area contributed by atoms with Crippen molar-refractivity contribution < 1.29 is 29.0 Å². The van der Waals surface area contributed by atoms with Crippen LogP contribution in [0, 0.1) is 18.8 Å². The predicted octanol–water partition coefficient (Wildman–Crippen LogP) is 7.71. The topological polar surface area (TPSA) is 110 Å². The highest BCUT2D eigenvalue weighted by atomic mass is 16.5. The molecule has 0 saturated carbocycles. The minimum atomic E-state index is -1.07. The highest BCUT2D eigenvalue weighted by molar-refractivity contribution is 5.95. The van der Waals surface area contributed by atoms with Crippen molar-refractivity contribution in [1.29, 1.82) is 0 Å². The van der Waals surface area contributed by atoms with Gasteiger partial charge in [0.1, 0.15) is 11.5 Å². The van der Waals surface area contributed by atoms with Gasteiger partial charge in [-0.2, -0.15) is 0 Å². The lowest BCUT2D eigenvalue weighted by atomic mass is 9.86. The van der Waals surface area contributed by atoms with Crippen LogP contribution in [0.4, 0.5) is 0 Å². The van der Waals surface area contributed by atoms with E-state index in [-0.39, 0.29) is 37.2 Å². The summed E-state index contributed by atoms with van der Waals surface area (Å²) in [5.41, 5.74) is 4.46. The normalized spacial score (nSPS) is 13.5. The molecule has 5 aromatic rings. The fourth-order valence-electron chi connectivity index (χ4n) is 6.43. The van der Waals surface area contributed by atoms with Crippen LogP contribution >= 0.6 is 0 Å². The zero-order valence-corrected chi connectivity index (χ0v) is 29.4. The molecule has 0 aliphatic heterocycles. The smallest absolute Gasteiger partial charge is 0.307 e. The molecule has 0 aliphatic rings. The molecule has 0 saturated heterocycles. The third-order valence-electron chi connectivity index (χ3n) is 9.59. The number of carbonyl (C=O) groups excluding carboxylic acids is 3. The Morgan fingerprint density at radius 2 is 1.20 bits per heavy atom. The van der Waals surface area contributed by atoms with Crippen LogP contribution in [0.25, 0.3) is 10.8 Å². The Morgan fingerprint density at radius 1 is 0.647 bits per heavy atom. The summed E-state index contributed by atoms with van der Waals surface area (Å²) in [5.74, 6) is -3.35. The maximum absolute atomic E-state index is 14.2. The molecule has 0 spiro atoms. The number of nitrogens with one attached hydrogen (secondary N) is 1. The summed E-state index contributed by atoms with van der Waals surface area (Å²) in [5, 5.41) is 15.0. The van der Waals surface area contributed by atoms with Gasteiger partial charge in [0.2, 0.25) is 5.91 Å². The molecule has 7 nitrogen and oxygen atoms in total. The minimum Gasteiger partial charge on any atom is -0.497 e. The molecule has 1 unspecified atom stereocenters. The number of aryl methyl sites for hydroxylation is 1. The molecular weight excluding hydrogens is 638 g/mol. The standard InChI is InChI=1S/C44H45NO6/c1-29-14-16-33(17-15-29)23-38(44(49)50)28-42(47)40(24-32-12-8-5-9-13-32)45-43(48)37(22-31-10-6-4-7-11-31)27-41(46)30(2)34-18-19-36-26-39(51-3)21-20-35(36)25-34/h4-21,25-26,30,37-38,40H,22-24,27-28H2,1-3H3,(H,45,48)(H,49,50)/t30-,37-,38?,40+/m0/s1. The summed E-state index contributed by atoms with van der Waals surface area (Å²) in [4.78, 5) is 54.3. The van der Waals surface area contributed by atoms with Crippen LogP contribution in [0.5, 0.6) is 5.75 Å². The summed E-state index contributed by atoms with van der Waals surface area (Å²) in [6.07, 6.45) is 0.430. The zero-order chi connectivity index (χ0) is 36.3. The number of carbonyl (C=O) groups is 4. The van der Waals surface area contributed by atoms with Crippen LogP contribution in [0.3, 0.4) is 0 Å². The number of Topliss-reactive ketones (excluding diaryl/α,β-unsaturated/α-hetero) is 2. The van der Waals surface area contributed by atoms with Gasteiger partial charge in [-0.05, 0) is 71.3 Å². The largest absolute Gasteiger partial charge is 0.497 e. The number of ether oxygens (including phenoxy) is 1. The Hall–Kier alpha value is -5.56. The van der Waals surface area contributed by atoms with Gasteiger partial charge >= 0.3 is 5.97 Å². The van der Waals surface area contributed by atoms with E-state index in [2.05, 4.69) is 5.32 Å². The van der Waals surface area contributed by atoms with Crippen molar-refractivity contribution in [1.82, 2.24) is 5.32 Å². The second kappa shape index (κ2) is 17.4. The lowest BCUT2D eigenvalue weighted by molar-refractivity contribution is -0.144. The van der Waals surface area contributed by atoms with Crippen molar-refractivity contribution in [2.75, 3.05) is 7.11 Å². The number of aliphatic carboxylic acids is 1. The first-order valence-electron chi connectivity index (χ1n) is 17.4. The van der Waals surface area contributed by atoms with Gasteiger partial charge in [-0.3, -0.25) is 19.2 Å². The van der Waals surface area contributed by atoms with E-state index in [4.69, 9.17) is 4.74 Å². The van der Waals surface area contributed by atoms with Gasteiger partial charge in [0.05, 0.1) is 19.1 Å². The van der Waals surface area contributed by atoms with E-state index in [1.165, 1.54) is 0 Å². The third-order valence-corrected chi connectivity index (χ3v) is 9.59. The number of methoxy groups -OCH3 is 1. The predicted molar refractivity (Wildman–Crippen MR) is 200 cm³/mol. The van der Waals surface area contributed by atoms with E-state index in [1.54, 1.807) is 7.11 Å². The van der Waals surface area contributed by atoms with E-state index in [0.717, 1.165) is 44.3 Å². The molecule has 51 heavy (non-hydrogen) atoms. The minimum absolute atomic E-state index is 0.0278. The molecule has 1 amide bonds.